The molecule has 1 N–H and O–H groups in total. The molecule has 3 aromatic rings. The van der Waals surface area contributed by atoms with E-state index in [9.17, 15) is 4.79 Å². The van der Waals surface area contributed by atoms with Crippen LogP contribution in [-0.4, -0.2) is 30.2 Å². The Hall–Kier alpha value is -2.71. The minimum Gasteiger partial charge on any atom is -0.489 e. The number of ether oxygens (including phenoxy) is 4. The van der Waals surface area contributed by atoms with Crippen LogP contribution < -0.4 is 10.1 Å². The summed E-state index contributed by atoms with van der Waals surface area (Å²) in [6, 6.07) is 23.8. The fourth-order valence-electron chi connectivity index (χ4n) is 4.38. The lowest BCUT2D eigenvalue weighted by Gasteiger charge is -2.48. The molecule has 1 amide bonds. The van der Waals surface area contributed by atoms with Crippen molar-refractivity contribution in [3.8, 4) is 5.75 Å². The summed E-state index contributed by atoms with van der Waals surface area (Å²) in [7, 11) is 0. The fourth-order valence-corrected chi connectivity index (χ4v) is 5.70. The smallest absolute Gasteiger partial charge is 0.408 e. The summed E-state index contributed by atoms with van der Waals surface area (Å²) < 4.78 is 23.7. The first-order chi connectivity index (χ1) is 18.4. The highest BCUT2D eigenvalue weighted by molar-refractivity contribution is 7.99. The standard InChI is InChI=1S/C31H36ClNO5S/c1-21-31(20-36-30(5,6)37-21,33-28(34)38-29(2,3)4)26-16-15-25(18-27(26)32)39-24-14-10-13-23(17-24)35-19-22-11-8-7-9-12-22/h7-18,21H,19-20H2,1-6H3,(H,33,34). The second kappa shape index (κ2) is 11.8. The molecular formula is C31H36ClNO5S. The molecule has 1 heterocycles. The van der Waals surface area contributed by atoms with Crippen LogP contribution >= 0.6 is 23.4 Å². The average Bonchev–Trinajstić information content (AvgIpc) is 2.84. The summed E-state index contributed by atoms with van der Waals surface area (Å²) in [5, 5.41) is 3.51. The number of carbonyl (C=O) groups is 1. The van der Waals surface area contributed by atoms with Crippen molar-refractivity contribution in [1.29, 1.82) is 0 Å². The summed E-state index contributed by atoms with van der Waals surface area (Å²) in [4.78, 5) is 14.9. The number of hydrogen-bond donors (Lipinski definition) is 1. The molecule has 1 aliphatic rings. The van der Waals surface area contributed by atoms with Gasteiger partial charge in [0.25, 0.3) is 0 Å². The first-order valence-electron chi connectivity index (χ1n) is 12.9. The van der Waals surface area contributed by atoms with Crippen molar-refractivity contribution in [2.75, 3.05) is 6.61 Å². The van der Waals surface area contributed by atoms with Crippen LogP contribution in [0.25, 0.3) is 0 Å². The van der Waals surface area contributed by atoms with E-state index in [0.717, 1.165) is 21.1 Å². The van der Waals surface area contributed by atoms with Crippen molar-refractivity contribution in [2.45, 2.75) is 81.0 Å². The normalized spacial score (nSPS) is 20.7. The first-order valence-corrected chi connectivity index (χ1v) is 14.1. The maximum Gasteiger partial charge on any atom is 0.408 e. The van der Waals surface area contributed by atoms with Crippen molar-refractivity contribution in [2.24, 2.45) is 0 Å². The molecule has 208 valence electrons. The van der Waals surface area contributed by atoms with Gasteiger partial charge in [-0.2, -0.15) is 0 Å². The molecule has 2 atom stereocenters. The molecule has 0 saturated carbocycles. The Balaban J connectivity index is 1.54. The molecule has 3 aromatic carbocycles. The van der Waals surface area contributed by atoms with E-state index in [4.69, 9.17) is 30.5 Å². The van der Waals surface area contributed by atoms with E-state index >= 15 is 0 Å². The number of rotatable bonds is 7. The van der Waals surface area contributed by atoms with Gasteiger partial charge in [-0.1, -0.05) is 65.8 Å². The van der Waals surface area contributed by atoms with Crippen molar-refractivity contribution in [3.63, 3.8) is 0 Å². The molecule has 39 heavy (non-hydrogen) atoms. The van der Waals surface area contributed by atoms with Crippen molar-refractivity contribution < 1.29 is 23.7 Å². The highest BCUT2D eigenvalue weighted by Gasteiger charge is 2.49. The minimum absolute atomic E-state index is 0.174. The average molecular weight is 570 g/mol. The van der Waals surface area contributed by atoms with Crippen molar-refractivity contribution in [1.82, 2.24) is 5.32 Å². The summed E-state index contributed by atoms with van der Waals surface area (Å²) in [6.45, 7) is 11.7. The van der Waals surface area contributed by atoms with Crippen LogP contribution in [-0.2, 0) is 26.4 Å². The highest BCUT2D eigenvalue weighted by Crippen LogP contribution is 2.41. The Morgan fingerprint density at radius 3 is 2.44 bits per heavy atom. The second-order valence-electron chi connectivity index (χ2n) is 11.0. The summed E-state index contributed by atoms with van der Waals surface area (Å²) >= 11 is 8.45. The van der Waals surface area contributed by atoms with Crippen LogP contribution in [0.3, 0.4) is 0 Å². The molecule has 1 aliphatic heterocycles. The van der Waals surface area contributed by atoms with Gasteiger partial charge in [-0.05, 0) is 77.4 Å². The van der Waals surface area contributed by atoms with Gasteiger partial charge in [-0.25, -0.2) is 4.79 Å². The predicted octanol–water partition coefficient (Wildman–Crippen LogP) is 7.96. The lowest BCUT2D eigenvalue weighted by atomic mass is 9.84. The van der Waals surface area contributed by atoms with Crippen LogP contribution in [0.1, 0.15) is 52.7 Å². The van der Waals surface area contributed by atoms with E-state index in [1.165, 1.54) is 0 Å². The van der Waals surface area contributed by atoms with Crippen LogP contribution in [0.4, 0.5) is 4.79 Å². The van der Waals surface area contributed by atoms with Gasteiger partial charge in [-0.3, -0.25) is 0 Å². The molecule has 8 heteroatoms. The quantitative estimate of drug-likeness (QED) is 0.311. The number of alkyl carbamates (subject to hydrolysis) is 1. The molecule has 6 nitrogen and oxygen atoms in total. The Bertz CT molecular complexity index is 1290. The SMILES string of the molecule is CC1OC(C)(C)OCC1(NC(=O)OC(C)(C)C)c1ccc(Sc2cccc(OCc3ccccc3)c2)cc1Cl. The Morgan fingerprint density at radius 2 is 1.77 bits per heavy atom. The monoisotopic (exact) mass is 569 g/mol. The maximum atomic E-state index is 12.9. The maximum absolute atomic E-state index is 12.9. The predicted molar refractivity (Wildman–Crippen MR) is 154 cm³/mol. The lowest BCUT2D eigenvalue weighted by molar-refractivity contribution is -0.300. The fraction of sp³-hybridized carbons (Fsp3) is 0.387. The van der Waals surface area contributed by atoms with Gasteiger partial charge in [0.15, 0.2) is 5.79 Å². The van der Waals surface area contributed by atoms with E-state index in [-0.39, 0.29) is 6.61 Å². The number of halogens is 1. The molecule has 4 rings (SSSR count). The summed E-state index contributed by atoms with van der Waals surface area (Å²) in [5.74, 6) is -0.00554. The van der Waals surface area contributed by atoms with Crippen LogP contribution in [0.2, 0.25) is 5.02 Å². The van der Waals surface area contributed by atoms with E-state index in [1.54, 1.807) is 11.8 Å². The molecular weight excluding hydrogens is 534 g/mol. The van der Waals surface area contributed by atoms with Crippen LogP contribution in [0, 0.1) is 0 Å². The number of carbonyl (C=O) groups excluding carboxylic acids is 1. The molecule has 0 radical (unpaired) electrons. The first kappa shape index (κ1) is 29.3. The third kappa shape index (κ3) is 7.70. The second-order valence-corrected chi connectivity index (χ2v) is 12.6. The van der Waals surface area contributed by atoms with E-state index in [1.807, 2.05) is 114 Å². The Labute approximate surface area is 240 Å². The van der Waals surface area contributed by atoms with Gasteiger partial charge in [0.05, 0.1) is 12.7 Å². The van der Waals surface area contributed by atoms with Gasteiger partial charge in [-0.15, -0.1) is 0 Å². The Kier molecular flexibility index (Phi) is 8.86. The summed E-state index contributed by atoms with van der Waals surface area (Å²) in [6.07, 6.45) is -1.01. The van der Waals surface area contributed by atoms with Crippen LogP contribution in [0.15, 0.2) is 82.6 Å². The van der Waals surface area contributed by atoms with Crippen molar-refractivity contribution >= 4 is 29.5 Å². The summed E-state index contributed by atoms with van der Waals surface area (Å²) in [5.41, 5.74) is 0.111. The van der Waals surface area contributed by atoms with Gasteiger partial charge in [0.2, 0.25) is 0 Å². The van der Waals surface area contributed by atoms with Gasteiger partial charge < -0.3 is 24.3 Å². The highest BCUT2D eigenvalue weighted by atomic mass is 35.5. The molecule has 0 aliphatic carbocycles. The number of amides is 1. The molecule has 2 unspecified atom stereocenters. The van der Waals surface area contributed by atoms with E-state index in [2.05, 4.69) is 5.32 Å². The molecule has 1 saturated heterocycles. The lowest BCUT2D eigenvalue weighted by Crippen LogP contribution is -2.63. The minimum atomic E-state index is -1.04. The molecule has 1 fully saturated rings. The zero-order valence-corrected chi connectivity index (χ0v) is 24.8. The zero-order chi connectivity index (χ0) is 28.3. The molecule has 0 bridgehead atoms. The van der Waals surface area contributed by atoms with E-state index in [0.29, 0.717) is 17.2 Å². The molecule has 0 spiro atoms. The van der Waals surface area contributed by atoms with Gasteiger partial charge in [0.1, 0.15) is 23.5 Å². The van der Waals surface area contributed by atoms with E-state index < -0.39 is 29.1 Å². The van der Waals surface area contributed by atoms with Gasteiger partial charge in [0, 0.05) is 20.4 Å². The molecule has 0 aromatic heterocycles. The van der Waals surface area contributed by atoms with Crippen LogP contribution in [0.5, 0.6) is 5.75 Å². The topological polar surface area (TPSA) is 66.0 Å². The Morgan fingerprint density at radius 1 is 1.05 bits per heavy atom. The van der Waals surface area contributed by atoms with Gasteiger partial charge >= 0.3 is 6.09 Å². The zero-order valence-electron chi connectivity index (χ0n) is 23.2. The number of nitrogens with one attached hydrogen (secondary N) is 1. The number of benzene rings is 3. The largest absolute Gasteiger partial charge is 0.489 e. The third-order valence-corrected chi connectivity index (χ3v) is 7.53. The van der Waals surface area contributed by atoms with Crippen molar-refractivity contribution in [3.05, 3.63) is 88.9 Å². The number of hydrogen-bond acceptors (Lipinski definition) is 6. The third-order valence-electron chi connectivity index (χ3n) is 6.24.